The highest BCUT2D eigenvalue weighted by Crippen LogP contribution is 2.15. The van der Waals surface area contributed by atoms with Crippen LogP contribution in [0.4, 0.5) is 4.39 Å². The molecular weight excluding hydrogens is 458 g/mol. The molecule has 0 atom stereocenters. The van der Waals surface area contributed by atoms with Crippen LogP contribution in [-0.4, -0.2) is 34.3 Å². The number of halogens is 2. The Morgan fingerprint density at radius 2 is 2.04 bits per heavy atom. The average Bonchev–Trinajstić information content (AvgIpc) is 2.88. The Morgan fingerprint density at radius 1 is 1.19 bits per heavy atom. The fraction of sp³-hybridized carbons (Fsp3) is 0.526. The van der Waals surface area contributed by atoms with Crippen molar-refractivity contribution in [2.24, 2.45) is 4.99 Å². The highest BCUT2D eigenvalue weighted by atomic mass is 127. The van der Waals surface area contributed by atoms with E-state index < -0.39 is 0 Å². The van der Waals surface area contributed by atoms with Crippen molar-refractivity contribution in [1.29, 1.82) is 0 Å². The zero-order chi connectivity index (χ0) is 18.2. The van der Waals surface area contributed by atoms with Gasteiger partial charge in [-0.05, 0) is 25.3 Å². The number of nitrogens with zero attached hydrogens (tertiary/aromatic N) is 4. The molecule has 1 aromatic heterocycles. The van der Waals surface area contributed by atoms with E-state index in [1.165, 1.54) is 25.3 Å². The van der Waals surface area contributed by atoms with Crippen LogP contribution in [0.3, 0.4) is 0 Å². The number of rotatable bonds is 6. The first-order valence-electron chi connectivity index (χ1n) is 9.37. The predicted molar refractivity (Wildman–Crippen MR) is 116 cm³/mol. The van der Waals surface area contributed by atoms with Crippen LogP contribution < -0.4 is 10.6 Å². The molecule has 0 radical (unpaired) electrons. The molecule has 0 saturated heterocycles. The molecule has 3 rings (SSSR count). The molecule has 6 nitrogen and oxygen atoms in total. The van der Waals surface area contributed by atoms with Crippen LogP contribution in [0.5, 0.6) is 0 Å². The van der Waals surface area contributed by atoms with Gasteiger partial charge in [-0.1, -0.05) is 24.6 Å². The number of aryl methyl sites for hydroxylation is 2. The van der Waals surface area contributed by atoms with E-state index in [2.05, 4.69) is 30.4 Å². The van der Waals surface area contributed by atoms with Crippen LogP contribution >= 0.6 is 24.0 Å². The summed E-state index contributed by atoms with van der Waals surface area (Å²) in [5, 5.41) is 15.1. The molecule has 0 spiro atoms. The molecule has 0 aliphatic carbocycles. The molecular formula is C19H28FIN6. The van der Waals surface area contributed by atoms with Crippen LogP contribution in [-0.2, 0) is 25.9 Å². The van der Waals surface area contributed by atoms with Gasteiger partial charge in [-0.3, -0.25) is 4.99 Å². The summed E-state index contributed by atoms with van der Waals surface area (Å²) in [4.78, 5) is 4.19. The Morgan fingerprint density at radius 3 is 2.85 bits per heavy atom. The summed E-state index contributed by atoms with van der Waals surface area (Å²) in [5.74, 6) is 2.68. The molecule has 1 aliphatic heterocycles. The first kappa shape index (κ1) is 21.6. The smallest absolute Gasteiger partial charge is 0.191 e. The number of aliphatic imine (C=N–C) groups is 1. The van der Waals surface area contributed by atoms with Crippen LogP contribution in [0.1, 0.15) is 42.9 Å². The van der Waals surface area contributed by atoms with Crippen molar-refractivity contribution < 1.29 is 4.39 Å². The molecule has 0 fully saturated rings. The third-order valence-electron chi connectivity index (χ3n) is 4.68. The summed E-state index contributed by atoms with van der Waals surface area (Å²) in [7, 11) is 1.72. The summed E-state index contributed by atoms with van der Waals surface area (Å²) in [6, 6.07) is 6.76. The van der Waals surface area contributed by atoms with Gasteiger partial charge in [0.15, 0.2) is 5.96 Å². The van der Waals surface area contributed by atoms with Gasteiger partial charge in [-0.25, -0.2) is 4.39 Å². The summed E-state index contributed by atoms with van der Waals surface area (Å²) >= 11 is 0. The quantitative estimate of drug-likeness (QED) is 0.285. The molecule has 8 heteroatoms. The van der Waals surface area contributed by atoms with E-state index in [1.54, 1.807) is 19.2 Å². The Bertz CT molecular complexity index is 746. The zero-order valence-corrected chi connectivity index (χ0v) is 18.1. The minimum atomic E-state index is -0.206. The third-order valence-corrected chi connectivity index (χ3v) is 4.68. The highest BCUT2D eigenvalue weighted by molar-refractivity contribution is 14.0. The maximum absolute atomic E-state index is 13.7. The van der Waals surface area contributed by atoms with Crippen molar-refractivity contribution in [3.8, 4) is 0 Å². The van der Waals surface area contributed by atoms with Gasteiger partial charge in [0.2, 0.25) is 0 Å². The highest BCUT2D eigenvalue weighted by Gasteiger charge is 2.14. The number of nitrogens with one attached hydrogen (secondary N) is 2. The number of fused-ring (bicyclic) bond motifs is 1. The zero-order valence-electron chi connectivity index (χ0n) is 15.7. The van der Waals surface area contributed by atoms with Crippen LogP contribution in [0.2, 0.25) is 0 Å². The van der Waals surface area contributed by atoms with Crippen LogP contribution in [0.25, 0.3) is 0 Å². The van der Waals surface area contributed by atoms with Gasteiger partial charge in [0, 0.05) is 45.1 Å². The molecule has 27 heavy (non-hydrogen) atoms. The fourth-order valence-electron chi connectivity index (χ4n) is 3.22. The lowest BCUT2D eigenvalue weighted by atomic mass is 10.2. The van der Waals surface area contributed by atoms with Gasteiger partial charge in [-0.2, -0.15) is 0 Å². The van der Waals surface area contributed by atoms with Crippen LogP contribution in [0, 0.1) is 5.82 Å². The number of hydrogen-bond acceptors (Lipinski definition) is 3. The van der Waals surface area contributed by atoms with E-state index in [9.17, 15) is 4.39 Å². The normalized spacial score (nSPS) is 14.1. The van der Waals surface area contributed by atoms with Gasteiger partial charge < -0.3 is 15.2 Å². The van der Waals surface area contributed by atoms with Crippen molar-refractivity contribution in [1.82, 2.24) is 25.4 Å². The lowest BCUT2D eigenvalue weighted by Crippen LogP contribution is -2.37. The average molecular weight is 486 g/mol. The molecule has 0 bridgehead atoms. The Hall–Kier alpha value is -1.71. The van der Waals surface area contributed by atoms with Crippen LogP contribution in [0.15, 0.2) is 29.3 Å². The van der Waals surface area contributed by atoms with Crippen molar-refractivity contribution in [2.75, 3.05) is 13.6 Å². The number of hydrogen-bond donors (Lipinski definition) is 2. The van der Waals surface area contributed by atoms with Gasteiger partial charge >= 0.3 is 0 Å². The maximum atomic E-state index is 13.7. The SMILES string of the molecule is CN=C(NCCCc1nnc2n1CCCCC2)NCc1ccccc1F.I. The number of guanidine groups is 1. The second-order valence-electron chi connectivity index (χ2n) is 6.54. The molecule has 2 N–H and O–H groups in total. The Balaban J connectivity index is 0.00000261. The second-order valence-corrected chi connectivity index (χ2v) is 6.54. The van der Waals surface area contributed by atoms with E-state index >= 15 is 0 Å². The first-order valence-corrected chi connectivity index (χ1v) is 9.37. The third kappa shape index (κ3) is 6.15. The van der Waals surface area contributed by atoms with Gasteiger partial charge in [0.25, 0.3) is 0 Å². The van der Waals surface area contributed by atoms with Crippen molar-refractivity contribution >= 4 is 29.9 Å². The molecule has 1 aliphatic rings. The number of benzene rings is 1. The molecule has 0 saturated carbocycles. The molecule has 2 heterocycles. The fourth-order valence-corrected chi connectivity index (χ4v) is 3.22. The van der Waals surface area contributed by atoms with Gasteiger partial charge in [0.05, 0.1) is 0 Å². The molecule has 1 aromatic carbocycles. The van der Waals surface area contributed by atoms with E-state index in [4.69, 9.17) is 0 Å². The van der Waals surface area contributed by atoms with Crippen molar-refractivity contribution in [2.45, 2.75) is 51.6 Å². The summed E-state index contributed by atoms with van der Waals surface area (Å²) in [5.41, 5.74) is 0.626. The monoisotopic (exact) mass is 486 g/mol. The van der Waals surface area contributed by atoms with E-state index in [-0.39, 0.29) is 29.8 Å². The predicted octanol–water partition coefficient (Wildman–Crippen LogP) is 3.06. The maximum Gasteiger partial charge on any atom is 0.191 e. The lowest BCUT2D eigenvalue weighted by Gasteiger charge is -2.12. The minimum Gasteiger partial charge on any atom is -0.356 e. The Labute approximate surface area is 177 Å². The molecule has 0 amide bonds. The minimum absolute atomic E-state index is 0. The topological polar surface area (TPSA) is 67.1 Å². The summed E-state index contributed by atoms with van der Waals surface area (Å²) < 4.78 is 15.9. The first-order chi connectivity index (χ1) is 12.8. The molecule has 148 valence electrons. The molecule has 2 aromatic rings. The van der Waals surface area contributed by atoms with Crippen molar-refractivity contribution in [3.63, 3.8) is 0 Å². The summed E-state index contributed by atoms with van der Waals surface area (Å²) in [6.07, 6.45) is 6.57. The summed E-state index contributed by atoms with van der Waals surface area (Å²) in [6.45, 7) is 2.22. The van der Waals surface area contributed by atoms with E-state index in [0.29, 0.717) is 18.1 Å². The standard InChI is InChI=1S/C19H27FN6.HI/c1-21-19(23-14-15-8-4-5-9-16(15)20)22-12-7-11-18-25-24-17-10-3-2-6-13-26(17)18;/h4-5,8-9H,2-3,6-7,10-14H2,1H3,(H2,21,22,23);1H. The molecule has 0 unspecified atom stereocenters. The van der Waals surface area contributed by atoms with Gasteiger partial charge in [-0.15, -0.1) is 34.2 Å². The second kappa shape index (κ2) is 11.2. The van der Waals surface area contributed by atoms with Gasteiger partial charge in [0.1, 0.15) is 17.5 Å². The lowest BCUT2D eigenvalue weighted by molar-refractivity contribution is 0.592. The Kier molecular flexibility index (Phi) is 8.96. The van der Waals surface area contributed by atoms with E-state index in [0.717, 1.165) is 44.0 Å². The van der Waals surface area contributed by atoms with Crippen molar-refractivity contribution in [3.05, 3.63) is 47.3 Å². The number of aromatic nitrogens is 3. The van der Waals surface area contributed by atoms with E-state index in [1.807, 2.05) is 6.07 Å². The largest absolute Gasteiger partial charge is 0.356 e.